The van der Waals surface area contributed by atoms with Gasteiger partial charge in [0.1, 0.15) is 0 Å². The van der Waals surface area contributed by atoms with Crippen LogP contribution in [0, 0.1) is 0 Å². The van der Waals surface area contributed by atoms with E-state index < -0.39 is 10.0 Å². The van der Waals surface area contributed by atoms with Crippen molar-refractivity contribution in [3.05, 3.63) is 34.9 Å². The minimum absolute atomic E-state index is 0.313. The molecule has 110 valence electrons. The van der Waals surface area contributed by atoms with Crippen molar-refractivity contribution >= 4 is 10.0 Å². The summed E-state index contributed by atoms with van der Waals surface area (Å²) in [7, 11) is -3.24. The Kier molecular flexibility index (Phi) is 4.07. The molecule has 0 spiro atoms. The van der Waals surface area contributed by atoms with E-state index >= 15 is 0 Å². The summed E-state index contributed by atoms with van der Waals surface area (Å²) < 4.78 is 32.4. The van der Waals surface area contributed by atoms with Gasteiger partial charge in [0.05, 0.1) is 5.25 Å². The van der Waals surface area contributed by atoms with Crippen LogP contribution in [0.2, 0.25) is 0 Å². The Morgan fingerprint density at radius 2 is 1.95 bits per heavy atom. The Hall–Kier alpha value is -0.950. The Morgan fingerprint density at radius 3 is 2.75 bits per heavy atom. The van der Waals surface area contributed by atoms with E-state index in [2.05, 4.69) is 22.2 Å². The van der Waals surface area contributed by atoms with Crippen molar-refractivity contribution < 1.29 is 13.2 Å². The molecule has 1 saturated heterocycles. The van der Waals surface area contributed by atoms with E-state index in [4.69, 9.17) is 4.74 Å². The van der Waals surface area contributed by atoms with E-state index in [1.165, 1.54) is 11.1 Å². The summed E-state index contributed by atoms with van der Waals surface area (Å²) in [5.74, 6) is 0. The zero-order chi connectivity index (χ0) is 14.0. The van der Waals surface area contributed by atoms with Gasteiger partial charge in [0.25, 0.3) is 0 Å². The molecule has 5 nitrogen and oxygen atoms in total. The SMILES string of the molecule is O=S(=O)(NCc1ccc2c(c1)CNC2)C1CCOCC1. The Balaban J connectivity index is 1.63. The number of hydrogen-bond donors (Lipinski definition) is 2. The topological polar surface area (TPSA) is 67.4 Å². The monoisotopic (exact) mass is 296 g/mol. The summed E-state index contributed by atoms with van der Waals surface area (Å²) in [5.41, 5.74) is 3.59. The van der Waals surface area contributed by atoms with Gasteiger partial charge >= 0.3 is 0 Å². The molecular formula is C14H20N2O3S. The zero-order valence-electron chi connectivity index (χ0n) is 11.4. The summed E-state index contributed by atoms with van der Waals surface area (Å²) in [6.07, 6.45) is 1.17. The van der Waals surface area contributed by atoms with E-state index in [1.807, 2.05) is 6.07 Å². The van der Waals surface area contributed by atoms with E-state index in [0.29, 0.717) is 32.6 Å². The Labute approximate surface area is 119 Å². The number of ether oxygens (including phenoxy) is 1. The average molecular weight is 296 g/mol. The predicted molar refractivity (Wildman–Crippen MR) is 76.6 cm³/mol. The lowest BCUT2D eigenvalue weighted by atomic mass is 10.1. The van der Waals surface area contributed by atoms with Crippen LogP contribution >= 0.6 is 0 Å². The van der Waals surface area contributed by atoms with Gasteiger partial charge in [-0.2, -0.15) is 0 Å². The number of sulfonamides is 1. The standard InChI is InChI=1S/C14H20N2O3S/c17-20(18,14-3-5-19-6-4-14)16-8-11-1-2-12-9-15-10-13(12)7-11/h1-2,7,14-16H,3-6,8-10H2. The Bertz CT molecular complexity index is 580. The second kappa shape index (κ2) is 5.81. The normalized spacial score (nSPS) is 20.0. The fourth-order valence-electron chi connectivity index (χ4n) is 2.75. The van der Waals surface area contributed by atoms with E-state index in [0.717, 1.165) is 18.7 Å². The maximum absolute atomic E-state index is 12.2. The van der Waals surface area contributed by atoms with Gasteiger partial charge in [0, 0.05) is 32.8 Å². The Morgan fingerprint density at radius 1 is 1.20 bits per heavy atom. The van der Waals surface area contributed by atoms with Gasteiger partial charge in [-0.05, 0) is 29.5 Å². The number of fused-ring (bicyclic) bond motifs is 1. The quantitative estimate of drug-likeness (QED) is 0.866. The fourth-order valence-corrected chi connectivity index (χ4v) is 4.16. The number of nitrogens with one attached hydrogen (secondary N) is 2. The molecule has 1 aromatic carbocycles. The minimum Gasteiger partial charge on any atom is -0.381 e. The highest BCUT2D eigenvalue weighted by Crippen LogP contribution is 2.18. The molecule has 1 aromatic rings. The first-order chi connectivity index (χ1) is 9.65. The molecule has 0 radical (unpaired) electrons. The lowest BCUT2D eigenvalue weighted by Crippen LogP contribution is -2.37. The van der Waals surface area contributed by atoms with Crippen LogP contribution in [0.5, 0.6) is 0 Å². The first-order valence-electron chi connectivity index (χ1n) is 7.03. The summed E-state index contributed by atoms with van der Waals surface area (Å²) in [5, 5.41) is 2.97. The molecular weight excluding hydrogens is 276 g/mol. The number of benzene rings is 1. The van der Waals surface area contributed by atoms with Gasteiger partial charge in [-0.15, -0.1) is 0 Å². The molecule has 6 heteroatoms. The average Bonchev–Trinajstić information content (AvgIpc) is 2.94. The molecule has 0 bridgehead atoms. The maximum Gasteiger partial charge on any atom is 0.214 e. The van der Waals surface area contributed by atoms with Crippen molar-refractivity contribution in [1.29, 1.82) is 0 Å². The molecule has 2 aliphatic rings. The predicted octanol–water partition coefficient (Wildman–Crippen LogP) is 0.888. The minimum atomic E-state index is -3.24. The molecule has 0 saturated carbocycles. The van der Waals surface area contributed by atoms with Crippen molar-refractivity contribution in [3.63, 3.8) is 0 Å². The van der Waals surface area contributed by atoms with Gasteiger partial charge in [0.2, 0.25) is 10.0 Å². The van der Waals surface area contributed by atoms with Crippen molar-refractivity contribution in [2.24, 2.45) is 0 Å². The van der Waals surface area contributed by atoms with E-state index in [1.54, 1.807) is 0 Å². The molecule has 0 amide bonds. The third kappa shape index (κ3) is 3.03. The fraction of sp³-hybridized carbons (Fsp3) is 0.571. The molecule has 0 aliphatic carbocycles. The molecule has 0 unspecified atom stereocenters. The second-order valence-corrected chi connectivity index (χ2v) is 7.43. The van der Waals surface area contributed by atoms with Crippen LogP contribution in [0.1, 0.15) is 29.5 Å². The smallest absolute Gasteiger partial charge is 0.214 e. The lowest BCUT2D eigenvalue weighted by Gasteiger charge is -2.22. The van der Waals surface area contributed by atoms with Crippen LogP contribution in [-0.2, 0) is 34.4 Å². The molecule has 2 aliphatic heterocycles. The van der Waals surface area contributed by atoms with Crippen molar-refractivity contribution in [2.45, 2.75) is 37.7 Å². The molecule has 3 rings (SSSR count). The van der Waals surface area contributed by atoms with Crippen LogP contribution in [0.3, 0.4) is 0 Å². The summed E-state index contributed by atoms with van der Waals surface area (Å²) in [4.78, 5) is 0. The summed E-state index contributed by atoms with van der Waals surface area (Å²) >= 11 is 0. The number of rotatable bonds is 4. The van der Waals surface area contributed by atoms with E-state index in [9.17, 15) is 8.42 Å². The zero-order valence-corrected chi connectivity index (χ0v) is 12.2. The van der Waals surface area contributed by atoms with Crippen molar-refractivity contribution in [1.82, 2.24) is 10.0 Å². The highest BCUT2D eigenvalue weighted by Gasteiger charge is 2.27. The van der Waals surface area contributed by atoms with Crippen molar-refractivity contribution in [3.8, 4) is 0 Å². The largest absolute Gasteiger partial charge is 0.381 e. The third-order valence-electron chi connectivity index (χ3n) is 3.99. The third-order valence-corrected chi connectivity index (χ3v) is 5.88. The molecule has 0 atom stereocenters. The maximum atomic E-state index is 12.2. The summed E-state index contributed by atoms with van der Waals surface area (Å²) in [6.45, 7) is 3.22. The highest BCUT2D eigenvalue weighted by atomic mass is 32.2. The first kappa shape index (κ1) is 14.0. The van der Waals surface area contributed by atoms with Crippen LogP contribution in [0.25, 0.3) is 0 Å². The van der Waals surface area contributed by atoms with Crippen LogP contribution < -0.4 is 10.0 Å². The van der Waals surface area contributed by atoms with Crippen molar-refractivity contribution in [2.75, 3.05) is 13.2 Å². The van der Waals surface area contributed by atoms with Gasteiger partial charge in [-0.3, -0.25) is 0 Å². The summed E-state index contributed by atoms with van der Waals surface area (Å²) in [6, 6.07) is 6.16. The molecule has 0 aromatic heterocycles. The molecule has 20 heavy (non-hydrogen) atoms. The molecule has 2 N–H and O–H groups in total. The van der Waals surface area contributed by atoms with Crippen LogP contribution in [0.4, 0.5) is 0 Å². The van der Waals surface area contributed by atoms with Gasteiger partial charge < -0.3 is 10.1 Å². The second-order valence-electron chi connectivity index (χ2n) is 5.38. The number of hydrogen-bond acceptors (Lipinski definition) is 4. The highest BCUT2D eigenvalue weighted by molar-refractivity contribution is 7.90. The van der Waals surface area contributed by atoms with E-state index in [-0.39, 0.29) is 5.25 Å². The van der Waals surface area contributed by atoms with Crippen LogP contribution in [-0.4, -0.2) is 26.9 Å². The van der Waals surface area contributed by atoms with Gasteiger partial charge in [0.15, 0.2) is 0 Å². The van der Waals surface area contributed by atoms with Gasteiger partial charge in [-0.25, -0.2) is 13.1 Å². The molecule has 2 heterocycles. The first-order valence-corrected chi connectivity index (χ1v) is 8.57. The van der Waals surface area contributed by atoms with Crippen LogP contribution in [0.15, 0.2) is 18.2 Å². The van der Waals surface area contributed by atoms with Gasteiger partial charge in [-0.1, -0.05) is 18.2 Å². The lowest BCUT2D eigenvalue weighted by molar-refractivity contribution is 0.0981. The molecule has 1 fully saturated rings.